The van der Waals surface area contributed by atoms with Crippen molar-refractivity contribution in [2.24, 2.45) is 5.92 Å². The van der Waals surface area contributed by atoms with Gasteiger partial charge >= 0.3 is 0 Å². The molecule has 4 heteroatoms. The first-order valence-corrected chi connectivity index (χ1v) is 8.10. The van der Waals surface area contributed by atoms with Crippen LogP contribution < -0.4 is 15.2 Å². The van der Waals surface area contributed by atoms with Crippen LogP contribution in [0.2, 0.25) is 0 Å². The Morgan fingerprint density at radius 2 is 2.00 bits per heavy atom. The van der Waals surface area contributed by atoms with E-state index in [0.29, 0.717) is 5.92 Å². The second-order valence-corrected chi connectivity index (χ2v) is 6.34. The molecule has 0 aromatic heterocycles. The Morgan fingerprint density at radius 3 is 2.71 bits per heavy atom. The van der Waals surface area contributed by atoms with Gasteiger partial charge in [0.25, 0.3) is 0 Å². The SMILES string of the molecule is COc1ccc([C@@H]2Nc3ccc(C(=O)[O-])cc3[C@@H]3C=CC[C@H]32)cc1. The predicted octanol–water partition coefficient (Wildman–Crippen LogP) is 2.89. The van der Waals surface area contributed by atoms with Crippen molar-refractivity contribution in [2.45, 2.75) is 18.4 Å². The maximum absolute atomic E-state index is 11.2. The van der Waals surface area contributed by atoms with Gasteiger partial charge in [-0.1, -0.05) is 30.4 Å². The Balaban J connectivity index is 1.73. The number of methoxy groups -OCH3 is 1. The lowest BCUT2D eigenvalue weighted by molar-refractivity contribution is -0.255. The quantitative estimate of drug-likeness (QED) is 0.883. The number of carbonyl (C=O) groups is 1. The Kier molecular flexibility index (Phi) is 3.53. The van der Waals surface area contributed by atoms with Crippen molar-refractivity contribution in [3.63, 3.8) is 0 Å². The summed E-state index contributed by atoms with van der Waals surface area (Å²) in [5.41, 5.74) is 3.48. The van der Waals surface area contributed by atoms with E-state index in [1.807, 2.05) is 18.2 Å². The molecule has 0 bridgehead atoms. The molecule has 1 aliphatic heterocycles. The number of rotatable bonds is 3. The van der Waals surface area contributed by atoms with Crippen molar-refractivity contribution in [1.29, 1.82) is 0 Å². The molecule has 0 saturated carbocycles. The van der Waals surface area contributed by atoms with Crippen LogP contribution in [0.15, 0.2) is 54.6 Å². The number of anilines is 1. The number of carbonyl (C=O) groups excluding carboxylic acids is 1. The molecular weight excluding hydrogens is 302 g/mol. The zero-order valence-corrected chi connectivity index (χ0v) is 13.4. The number of carboxylic acids is 1. The molecule has 2 aliphatic rings. The lowest BCUT2D eigenvalue weighted by Crippen LogP contribution is -2.30. The number of carboxylic acid groups (broad SMARTS) is 1. The Bertz CT molecular complexity index is 810. The van der Waals surface area contributed by atoms with E-state index in [9.17, 15) is 9.90 Å². The van der Waals surface area contributed by atoms with E-state index in [4.69, 9.17) is 4.74 Å². The van der Waals surface area contributed by atoms with Gasteiger partial charge < -0.3 is 20.0 Å². The zero-order valence-electron chi connectivity index (χ0n) is 13.4. The fourth-order valence-corrected chi connectivity index (χ4v) is 3.86. The monoisotopic (exact) mass is 320 g/mol. The largest absolute Gasteiger partial charge is 0.545 e. The Morgan fingerprint density at radius 1 is 1.21 bits per heavy atom. The summed E-state index contributed by atoms with van der Waals surface area (Å²) in [6.45, 7) is 0. The summed E-state index contributed by atoms with van der Waals surface area (Å²) < 4.78 is 5.24. The summed E-state index contributed by atoms with van der Waals surface area (Å²) in [7, 11) is 1.66. The van der Waals surface area contributed by atoms with Crippen molar-refractivity contribution >= 4 is 11.7 Å². The van der Waals surface area contributed by atoms with Crippen LogP contribution in [0.25, 0.3) is 0 Å². The van der Waals surface area contributed by atoms with Crippen LogP contribution in [0, 0.1) is 5.92 Å². The van der Waals surface area contributed by atoms with Crippen molar-refractivity contribution in [2.75, 3.05) is 12.4 Å². The minimum absolute atomic E-state index is 0.192. The highest BCUT2D eigenvalue weighted by molar-refractivity contribution is 5.87. The number of hydrogen-bond donors (Lipinski definition) is 1. The van der Waals surface area contributed by atoms with Crippen LogP contribution in [-0.2, 0) is 0 Å². The number of benzene rings is 2. The highest BCUT2D eigenvalue weighted by Gasteiger charge is 2.37. The summed E-state index contributed by atoms with van der Waals surface area (Å²) in [5.74, 6) is 0.318. The van der Waals surface area contributed by atoms with Gasteiger partial charge in [0.2, 0.25) is 0 Å². The lowest BCUT2D eigenvalue weighted by atomic mass is 9.76. The number of hydrogen-bond acceptors (Lipinski definition) is 4. The summed E-state index contributed by atoms with van der Waals surface area (Å²) in [4.78, 5) is 11.2. The number of ether oxygens (including phenoxy) is 1. The van der Waals surface area contributed by atoms with Crippen molar-refractivity contribution in [3.8, 4) is 5.75 Å². The fraction of sp³-hybridized carbons (Fsp3) is 0.250. The standard InChI is InChI=1S/C20H19NO3/c1-24-14-8-5-12(6-9-14)19-16-4-2-3-15(16)17-11-13(20(22)23)7-10-18(17)21-19/h2-3,5-11,15-16,19,21H,4H2,1H3,(H,22,23)/p-1/t15-,16-,19+/m1/s1. The average molecular weight is 320 g/mol. The van der Waals surface area contributed by atoms with E-state index in [-0.39, 0.29) is 17.5 Å². The first-order chi connectivity index (χ1) is 11.7. The van der Waals surface area contributed by atoms with Gasteiger partial charge in [0, 0.05) is 11.6 Å². The molecule has 2 aromatic rings. The van der Waals surface area contributed by atoms with Crippen LogP contribution in [0.3, 0.4) is 0 Å². The van der Waals surface area contributed by atoms with Crippen LogP contribution >= 0.6 is 0 Å². The summed E-state index contributed by atoms with van der Waals surface area (Å²) in [5, 5.41) is 14.8. The van der Waals surface area contributed by atoms with Crippen LogP contribution in [0.5, 0.6) is 5.75 Å². The zero-order chi connectivity index (χ0) is 16.7. The third-order valence-electron chi connectivity index (χ3n) is 5.07. The first kappa shape index (κ1) is 14.8. The molecule has 0 fully saturated rings. The van der Waals surface area contributed by atoms with E-state index in [0.717, 1.165) is 23.4 Å². The average Bonchev–Trinajstić information content (AvgIpc) is 3.10. The van der Waals surface area contributed by atoms with Crippen molar-refractivity contribution in [3.05, 3.63) is 71.3 Å². The van der Waals surface area contributed by atoms with Gasteiger partial charge in [-0.3, -0.25) is 0 Å². The summed E-state index contributed by atoms with van der Waals surface area (Å²) >= 11 is 0. The molecule has 4 rings (SSSR count). The highest BCUT2D eigenvalue weighted by Crippen LogP contribution is 2.49. The molecule has 0 saturated heterocycles. The maximum atomic E-state index is 11.2. The maximum Gasteiger partial charge on any atom is 0.118 e. The van der Waals surface area contributed by atoms with E-state index in [2.05, 4.69) is 29.6 Å². The second-order valence-electron chi connectivity index (χ2n) is 6.34. The lowest BCUT2D eigenvalue weighted by Gasteiger charge is -2.37. The molecule has 3 atom stereocenters. The van der Waals surface area contributed by atoms with Gasteiger partial charge in [0.05, 0.1) is 19.1 Å². The molecule has 0 radical (unpaired) electrons. The van der Waals surface area contributed by atoms with Crippen LogP contribution in [0.4, 0.5) is 5.69 Å². The predicted molar refractivity (Wildman–Crippen MR) is 90.1 cm³/mol. The molecule has 1 heterocycles. The van der Waals surface area contributed by atoms with Crippen molar-refractivity contribution in [1.82, 2.24) is 0 Å². The van der Waals surface area contributed by atoms with Gasteiger partial charge in [0.15, 0.2) is 0 Å². The molecule has 0 amide bonds. The molecule has 1 N–H and O–H groups in total. The Hall–Kier alpha value is -2.75. The van der Waals surface area contributed by atoms with Gasteiger partial charge in [-0.25, -0.2) is 0 Å². The van der Waals surface area contributed by atoms with E-state index in [1.165, 1.54) is 5.56 Å². The number of nitrogens with one attached hydrogen (secondary N) is 1. The molecule has 24 heavy (non-hydrogen) atoms. The smallest absolute Gasteiger partial charge is 0.118 e. The first-order valence-electron chi connectivity index (χ1n) is 8.10. The highest BCUT2D eigenvalue weighted by atomic mass is 16.5. The number of fused-ring (bicyclic) bond motifs is 3. The molecule has 0 spiro atoms. The minimum atomic E-state index is -1.13. The van der Waals surface area contributed by atoms with Gasteiger partial charge in [0.1, 0.15) is 5.75 Å². The summed E-state index contributed by atoms with van der Waals surface area (Å²) in [6, 6.07) is 13.5. The van der Waals surface area contributed by atoms with Crippen molar-refractivity contribution < 1.29 is 14.6 Å². The van der Waals surface area contributed by atoms with E-state index >= 15 is 0 Å². The fourth-order valence-electron chi connectivity index (χ4n) is 3.86. The third-order valence-corrected chi connectivity index (χ3v) is 5.07. The van der Waals surface area contributed by atoms with Gasteiger partial charge in [-0.2, -0.15) is 0 Å². The molecular formula is C20H18NO3-. The second kappa shape index (κ2) is 5.71. The summed E-state index contributed by atoms with van der Waals surface area (Å²) in [6.07, 6.45) is 5.36. The van der Waals surface area contributed by atoms with Gasteiger partial charge in [-0.15, -0.1) is 0 Å². The number of allylic oxidation sites excluding steroid dienone is 2. The molecule has 122 valence electrons. The normalized spacial score (nSPS) is 24.0. The third kappa shape index (κ3) is 2.35. The van der Waals surface area contributed by atoms with E-state index < -0.39 is 5.97 Å². The Labute approximate surface area is 140 Å². The topological polar surface area (TPSA) is 61.4 Å². The molecule has 4 nitrogen and oxygen atoms in total. The van der Waals surface area contributed by atoms with Gasteiger partial charge in [-0.05, 0) is 53.3 Å². The molecule has 1 aliphatic carbocycles. The molecule has 2 aromatic carbocycles. The van der Waals surface area contributed by atoms with Crippen LogP contribution in [0.1, 0.15) is 39.9 Å². The number of aromatic carboxylic acids is 1. The van der Waals surface area contributed by atoms with Crippen LogP contribution in [-0.4, -0.2) is 13.1 Å². The van der Waals surface area contributed by atoms with E-state index in [1.54, 1.807) is 19.2 Å². The minimum Gasteiger partial charge on any atom is -0.545 e. The molecule has 0 unspecified atom stereocenters.